The third kappa shape index (κ3) is 2.14. The molecule has 3 nitrogen and oxygen atoms in total. The minimum Gasteiger partial charge on any atom is -0.347 e. The van der Waals surface area contributed by atoms with Crippen LogP contribution in [-0.2, 0) is 20.0 Å². The van der Waals surface area contributed by atoms with Gasteiger partial charge in [-0.25, -0.2) is 0 Å². The highest BCUT2D eigenvalue weighted by Crippen LogP contribution is 2.20. The van der Waals surface area contributed by atoms with Crippen molar-refractivity contribution in [1.29, 1.82) is 0 Å². The van der Waals surface area contributed by atoms with Gasteiger partial charge in [0.2, 0.25) is 0 Å². The molecule has 0 unspecified atom stereocenters. The molecule has 0 aliphatic carbocycles. The van der Waals surface area contributed by atoms with Crippen LogP contribution in [0.15, 0.2) is 42.9 Å². The van der Waals surface area contributed by atoms with Crippen molar-refractivity contribution in [1.82, 2.24) is 14.3 Å². The lowest BCUT2D eigenvalue weighted by atomic mass is 10.2. The Hall–Kier alpha value is -1.74. The fourth-order valence-corrected chi connectivity index (χ4v) is 2.40. The fraction of sp³-hybridized carbons (Fsp3) is 0.214. The summed E-state index contributed by atoms with van der Waals surface area (Å²) in [5, 5.41) is 6.15. The summed E-state index contributed by atoms with van der Waals surface area (Å²) in [6.45, 7) is 0.955. The monoisotopic (exact) mass is 259 g/mol. The Kier molecular flexibility index (Phi) is 2.84. The van der Waals surface area contributed by atoms with Gasteiger partial charge in [0.1, 0.15) is 0 Å². The maximum atomic E-state index is 5.98. The van der Waals surface area contributed by atoms with Gasteiger partial charge in [-0.2, -0.15) is 5.10 Å². The number of aromatic nitrogens is 3. The molecule has 3 aromatic rings. The average Bonchev–Trinajstić information content (AvgIpc) is 2.92. The summed E-state index contributed by atoms with van der Waals surface area (Å²) >= 11 is 5.98. The van der Waals surface area contributed by atoms with Crippen LogP contribution in [-0.4, -0.2) is 14.3 Å². The maximum Gasteiger partial charge on any atom is 0.0522 e. The Balaban J connectivity index is 1.82. The zero-order valence-electron chi connectivity index (χ0n) is 10.2. The lowest BCUT2D eigenvalue weighted by Gasteiger charge is -2.04. The fourth-order valence-electron chi connectivity index (χ4n) is 2.22. The standard InChI is InChI=1S/C14H14ClN3/c1-17-10-11(9-16-17)4-6-18-7-5-12-8-13(15)2-3-14(12)18/h2-3,5,7-10H,4,6H2,1H3. The number of rotatable bonds is 3. The van der Waals surface area contributed by atoms with Gasteiger partial charge < -0.3 is 4.57 Å². The van der Waals surface area contributed by atoms with E-state index in [0.29, 0.717) is 0 Å². The normalized spacial score (nSPS) is 11.2. The van der Waals surface area contributed by atoms with Gasteiger partial charge in [0.15, 0.2) is 0 Å². The molecule has 0 atom stereocenters. The Morgan fingerprint density at radius 1 is 1.28 bits per heavy atom. The van der Waals surface area contributed by atoms with Crippen molar-refractivity contribution in [2.45, 2.75) is 13.0 Å². The van der Waals surface area contributed by atoms with E-state index in [4.69, 9.17) is 11.6 Å². The summed E-state index contributed by atoms with van der Waals surface area (Å²) in [6.07, 6.45) is 7.07. The van der Waals surface area contributed by atoms with Gasteiger partial charge in [0.25, 0.3) is 0 Å². The third-order valence-electron chi connectivity index (χ3n) is 3.13. The van der Waals surface area contributed by atoms with Crippen LogP contribution in [0.3, 0.4) is 0 Å². The molecule has 4 heteroatoms. The lowest BCUT2D eigenvalue weighted by Crippen LogP contribution is -1.98. The molecule has 0 saturated heterocycles. The Labute approximate surface area is 111 Å². The largest absolute Gasteiger partial charge is 0.347 e. The summed E-state index contributed by atoms with van der Waals surface area (Å²) in [5.74, 6) is 0. The van der Waals surface area contributed by atoms with E-state index < -0.39 is 0 Å². The summed E-state index contributed by atoms with van der Waals surface area (Å²) in [6, 6.07) is 8.10. The summed E-state index contributed by atoms with van der Waals surface area (Å²) in [4.78, 5) is 0. The molecule has 0 aliphatic rings. The molecule has 3 rings (SSSR count). The molecule has 0 amide bonds. The molecule has 1 aromatic carbocycles. The van der Waals surface area contributed by atoms with Gasteiger partial charge in [-0.05, 0) is 36.2 Å². The van der Waals surface area contributed by atoms with E-state index in [2.05, 4.69) is 34.2 Å². The molecule has 0 bridgehead atoms. The molecule has 0 fully saturated rings. The van der Waals surface area contributed by atoms with Crippen LogP contribution in [0.2, 0.25) is 5.02 Å². The second-order valence-corrected chi connectivity index (χ2v) is 4.92. The molecule has 0 saturated carbocycles. The summed E-state index contributed by atoms with van der Waals surface area (Å²) in [7, 11) is 1.94. The number of hydrogen-bond donors (Lipinski definition) is 0. The Morgan fingerprint density at radius 3 is 2.94 bits per heavy atom. The Bertz CT molecular complexity index is 681. The van der Waals surface area contributed by atoms with Crippen LogP contribution in [0.4, 0.5) is 0 Å². The third-order valence-corrected chi connectivity index (χ3v) is 3.37. The van der Waals surface area contributed by atoms with Crippen molar-refractivity contribution < 1.29 is 0 Å². The van der Waals surface area contributed by atoms with Gasteiger partial charge in [0.05, 0.1) is 6.20 Å². The van der Waals surface area contributed by atoms with Gasteiger partial charge in [-0.15, -0.1) is 0 Å². The summed E-state index contributed by atoms with van der Waals surface area (Å²) in [5.41, 5.74) is 2.48. The first-order valence-electron chi connectivity index (χ1n) is 5.94. The van der Waals surface area contributed by atoms with Crippen LogP contribution in [0.25, 0.3) is 10.9 Å². The Morgan fingerprint density at radius 2 is 2.17 bits per heavy atom. The average molecular weight is 260 g/mol. The number of hydrogen-bond acceptors (Lipinski definition) is 1. The molecule has 0 aliphatic heterocycles. The van der Waals surface area contributed by atoms with Crippen molar-refractivity contribution in [3.05, 3.63) is 53.4 Å². The zero-order chi connectivity index (χ0) is 12.5. The van der Waals surface area contributed by atoms with E-state index in [9.17, 15) is 0 Å². The number of fused-ring (bicyclic) bond motifs is 1. The van der Waals surface area contributed by atoms with Gasteiger partial charge >= 0.3 is 0 Å². The molecular formula is C14H14ClN3. The smallest absolute Gasteiger partial charge is 0.0522 e. The highest BCUT2D eigenvalue weighted by atomic mass is 35.5. The second kappa shape index (κ2) is 4.50. The minimum atomic E-state index is 0.785. The SMILES string of the molecule is Cn1cc(CCn2ccc3cc(Cl)ccc32)cn1. The quantitative estimate of drug-likeness (QED) is 0.708. The number of benzene rings is 1. The van der Waals surface area contributed by atoms with Crippen molar-refractivity contribution in [2.24, 2.45) is 7.05 Å². The maximum absolute atomic E-state index is 5.98. The predicted molar refractivity (Wildman–Crippen MR) is 73.9 cm³/mol. The lowest BCUT2D eigenvalue weighted by molar-refractivity contribution is 0.720. The van der Waals surface area contributed by atoms with E-state index in [0.717, 1.165) is 18.0 Å². The molecule has 0 N–H and O–H groups in total. The number of aryl methyl sites for hydroxylation is 3. The molecule has 18 heavy (non-hydrogen) atoms. The second-order valence-electron chi connectivity index (χ2n) is 4.48. The predicted octanol–water partition coefficient (Wildman–Crippen LogP) is 3.27. The zero-order valence-corrected chi connectivity index (χ0v) is 10.9. The highest BCUT2D eigenvalue weighted by Gasteiger charge is 2.02. The van der Waals surface area contributed by atoms with E-state index >= 15 is 0 Å². The first-order chi connectivity index (χ1) is 8.72. The van der Waals surface area contributed by atoms with Crippen LogP contribution < -0.4 is 0 Å². The van der Waals surface area contributed by atoms with Crippen molar-refractivity contribution in [2.75, 3.05) is 0 Å². The van der Waals surface area contributed by atoms with Crippen molar-refractivity contribution in [3.8, 4) is 0 Å². The van der Waals surface area contributed by atoms with Crippen LogP contribution in [0, 0.1) is 0 Å². The van der Waals surface area contributed by atoms with E-state index in [1.54, 1.807) is 0 Å². The van der Waals surface area contributed by atoms with E-state index in [1.165, 1.54) is 16.5 Å². The van der Waals surface area contributed by atoms with Gasteiger partial charge in [0, 0.05) is 41.9 Å². The van der Waals surface area contributed by atoms with Crippen molar-refractivity contribution in [3.63, 3.8) is 0 Å². The van der Waals surface area contributed by atoms with Gasteiger partial charge in [-0.1, -0.05) is 11.6 Å². The van der Waals surface area contributed by atoms with Crippen LogP contribution in [0.5, 0.6) is 0 Å². The van der Waals surface area contributed by atoms with Crippen LogP contribution >= 0.6 is 11.6 Å². The number of halogens is 1. The summed E-state index contributed by atoms with van der Waals surface area (Å²) < 4.78 is 4.08. The molecule has 92 valence electrons. The minimum absolute atomic E-state index is 0.785. The van der Waals surface area contributed by atoms with E-state index in [-0.39, 0.29) is 0 Å². The van der Waals surface area contributed by atoms with E-state index in [1.807, 2.05) is 30.1 Å². The molecular weight excluding hydrogens is 246 g/mol. The highest BCUT2D eigenvalue weighted by molar-refractivity contribution is 6.31. The number of nitrogens with zero attached hydrogens (tertiary/aromatic N) is 3. The van der Waals surface area contributed by atoms with Gasteiger partial charge in [-0.3, -0.25) is 4.68 Å². The molecule has 2 aromatic heterocycles. The molecule has 0 radical (unpaired) electrons. The molecule has 2 heterocycles. The molecule has 0 spiro atoms. The topological polar surface area (TPSA) is 22.8 Å². The van der Waals surface area contributed by atoms with Crippen LogP contribution in [0.1, 0.15) is 5.56 Å². The first kappa shape index (κ1) is 11.4. The first-order valence-corrected chi connectivity index (χ1v) is 6.32. The van der Waals surface area contributed by atoms with Crippen molar-refractivity contribution >= 4 is 22.5 Å².